The number of amides is 1. The topological polar surface area (TPSA) is 62.7 Å². The van der Waals surface area contributed by atoms with Crippen molar-refractivity contribution in [3.63, 3.8) is 0 Å². The molecule has 0 bridgehead atoms. The Balaban J connectivity index is 2.10. The smallest absolute Gasteiger partial charge is 0.252 e. The Morgan fingerprint density at radius 3 is 3.00 bits per heavy atom. The van der Waals surface area contributed by atoms with E-state index < -0.39 is 5.54 Å². The highest BCUT2D eigenvalue weighted by molar-refractivity contribution is 6.09. The summed E-state index contributed by atoms with van der Waals surface area (Å²) in [5.74, 6) is 1.59. The fraction of sp³-hybridized carbons (Fsp3) is 0.846. The quantitative estimate of drug-likeness (QED) is 0.735. The SMILES string of the molecule is COCCN=C1NC(=O)C2(CCCC(C)C2C)N1. The van der Waals surface area contributed by atoms with Crippen molar-refractivity contribution in [2.24, 2.45) is 16.8 Å². The Morgan fingerprint density at radius 2 is 2.28 bits per heavy atom. The van der Waals surface area contributed by atoms with Crippen LogP contribution in [0.3, 0.4) is 0 Å². The first-order chi connectivity index (χ1) is 8.60. The van der Waals surface area contributed by atoms with Crippen LogP contribution in [-0.2, 0) is 9.53 Å². The van der Waals surface area contributed by atoms with Crippen molar-refractivity contribution in [3.8, 4) is 0 Å². The lowest BCUT2D eigenvalue weighted by Gasteiger charge is -2.40. The minimum atomic E-state index is -0.441. The highest BCUT2D eigenvalue weighted by atomic mass is 16.5. The molecule has 5 nitrogen and oxygen atoms in total. The predicted molar refractivity (Wildman–Crippen MR) is 70.4 cm³/mol. The van der Waals surface area contributed by atoms with Crippen molar-refractivity contribution in [1.29, 1.82) is 0 Å². The molecule has 2 N–H and O–H groups in total. The lowest BCUT2D eigenvalue weighted by molar-refractivity contribution is -0.127. The van der Waals surface area contributed by atoms with Gasteiger partial charge in [-0.05, 0) is 18.3 Å². The molecule has 3 unspecified atom stereocenters. The van der Waals surface area contributed by atoms with E-state index in [1.807, 2.05) is 0 Å². The van der Waals surface area contributed by atoms with Gasteiger partial charge in [-0.25, -0.2) is 0 Å². The van der Waals surface area contributed by atoms with Gasteiger partial charge >= 0.3 is 0 Å². The monoisotopic (exact) mass is 253 g/mol. The number of methoxy groups -OCH3 is 1. The van der Waals surface area contributed by atoms with E-state index in [0.29, 0.717) is 30.9 Å². The summed E-state index contributed by atoms with van der Waals surface area (Å²) >= 11 is 0. The molecule has 1 saturated carbocycles. The van der Waals surface area contributed by atoms with Crippen LogP contribution >= 0.6 is 0 Å². The first kappa shape index (κ1) is 13.3. The number of nitrogens with one attached hydrogen (secondary N) is 2. The minimum Gasteiger partial charge on any atom is -0.383 e. The summed E-state index contributed by atoms with van der Waals surface area (Å²) in [5, 5.41) is 6.20. The molecule has 1 aliphatic heterocycles. The standard InChI is InChI=1S/C13H23N3O2/c1-9-5-4-6-13(10(9)2)11(17)15-12(16-13)14-7-8-18-3/h9-10H,4-8H2,1-3H3,(H2,14,15,16,17). The van der Waals surface area contributed by atoms with E-state index >= 15 is 0 Å². The van der Waals surface area contributed by atoms with Gasteiger partial charge in [-0.2, -0.15) is 0 Å². The highest BCUT2D eigenvalue weighted by Gasteiger charge is 2.51. The van der Waals surface area contributed by atoms with Gasteiger partial charge in [0.25, 0.3) is 5.91 Å². The summed E-state index contributed by atoms with van der Waals surface area (Å²) in [6.07, 6.45) is 3.19. The number of rotatable bonds is 3. The number of carbonyl (C=O) groups excluding carboxylic acids is 1. The number of hydrogen-bond acceptors (Lipinski definition) is 3. The summed E-state index contributed by atoms with van der Waals surface area (Å²) in [7, 11) is 1.65. The minimum absolute atomic E-state index is 0.0812. The third kappa shape index (κ3) is 2.23. The lowest BCUT2D eigenvalue weighted by atomic mass is 9.68. The van der Waals surface area contributed by atoms with Gasteiger partial charge in [-0.15, -0.1) is 0 Å². The Labute approximate surface area is 108 Å². The molecule has 2 aliphatic rings. The molecule has 1 spiro atoms. The van der Waals surface area contributed by atoms with Crippen LogP contribution in [0.15, 0.2) is 4.99 Å². The van der Waals surface area contributed by atoms with Gasteiger partial charge in [-0.1, -0.05) is 26.7 Å². The summed E-state index contributed by atoms with van der Waals surface area (Å²) in [6, 6.07) is 0. The van der Waals surface area contributed by atoms with Gasteiger partial charge in [0.05, 0.1) is 13.2 Å². The predicted octanol–water partition coefficient (Wildman–Crippen LogP) is 0.903. The zero-order chi connectivity index (χ0) is 13.2. The number of hydrogen-bond donors (Lipinski definition) is 2. The van der Waals surface area contributed by atoms with Crippen molar-refractivity contribution in [2.45, 2.75) is 38.6 Å². The largest absolute Gasteiger partial charge is 0.383 e. The van der Waals surface area contributed by atoms with Crippen molar-refractivity contribution in [1.82, 2.24) is 10.6 Å². The Morgan fingerprint density at radius 1 is 1.50 bits per heavy atom. The van der Waals surface area contributed by atoms with E-state index in [4.69, 9.17) is 4.74 Å². The maximum absolute atomic E-state index is 12.3. The molecule has 102 valence electrons. The lowest BCUT2D eigenvalue weighted by Crippen LogP contribution is -2.56. The molecule has 2 rings (SSSR count). The molecular formula is C13H23N3O2. The molecule has 18 heavy (non-hydrogen) atoms. The van der Waals surface area contributed by atoms with Crippen LogP contribution < -0.4 is 10.6 Å². The number of nitrogens with zero attached hydrogens (tertiary/aromatic N) is 1. The van der Waals surface area contributed by atoms with Crippen LogP contribution in [0.25, 0.3) is 0 Å². The van der Waals surface area contributed by atoms with E-state index in [1.54, 1.807) is 7.11 Å². The molecule has 2 fully saturated rings. The van der Waals surface area contributed by atoms with Gasteiger partial charge in [0.15, 0.2) is 5.96 Å². The van der Waals surface area contributed by atoms with Crippen LogP contribution in [0.5, 0.6) is 0 Å². The molecule has 0 aromatic heterocycles. The number of carbonyl (C=O) groups is 1. The zero-order valence-electron chi connectivity index (χ0n) is 11.5. The normalized spacial score (nSPS) is 37.9. The fourth-order valence-electron chi connectivity index (χ4n) is 3.01. The van der Waals surface area contributed by atoms with E-state index in [9.17, 15) is 4.79 Å². The van der Waals surface area contributed by atoms with Crippen molar-refractivity contribution in [3.05, 3.63) is 0 Å². The Kier molecular flexibility index (Phi) is 3.90. The highest BCUT2D eigenvalue weighted by Crippen LogP contribution is 2.39. The number of ether oxygens (including phenoxy) is 1. The third-order valence-electron chi connectivity index (χ3n) is 4.41. The summed E-state index contributed by atoms with van der Waals surface area (Å²) in [5.41, 5.74) is -0.441. The molecule has 1 aliphatic carbocycles. The second-order valence-corrected chi connectivity index (χ2v) is 5.43. The molecule has 1 heterocycles. The van der Waals surface area contributed by atoms with Gasteiger partial charge in [0.2, 0.25) is 0 Å². The zero-order valence-corrected chi connectivity index (χ0v) is 11.5. The molecule has 5 heteroatoms. The van der Waals surface area contributed by atoms with Crippen molar-refractivity contribution >= 4 is 11.9 Å². The van der Waals surface area contributed by atoms with E-state index in [2.05, 4.69) is 29.5 Å². The molecule has 0 aromatic rings. The van der Waals surface area contributed by atoms with Crippen LogP contribution in [0.4, 0.5) is 0 Å². The fourth-order valence-corrected chi connectivity index (χ4v) is 3.01. The van der Waals surface area contributed by atoms with Gasteiger partial charge in [0.1, 0.15) is 5.54 Å². The summed E-state index contributed by atoms with van der Waals surface area (Å²) in [4.78, 5) is 16.6. The van der Waals surface area contributed by atoms with Gasteiger partial charge < -0.3 is 10.1 Å². The van der Waals surface area contributed by atoms with E-state index in [0.717, 1.165) is 12.8 Å². The van der Waals surface area contributed by atoms with Crippen LogP contribution in [0, 0.1) is 11.8 Å². The second-order valence-electron chi connectivity index (χ2n) is 5.43. The van der Waals surface area contributed by atoms with Crippen LogP contribution in [0.2, 0.25) is 0 Å². The van der Waals surface area contributed by atoms with Crippen molar-refractivity contribution in [2.75, 3.05) is 20.3 Å². The van der Waals surface area contributed by atoms with Crippen LogP contribution in [-0.4, -0.2) is 37.7 Å². The first-order valence-corrected chi connectivity index (χ1v) is 6.73. The van der Waals surface area contributed by atoms with E-state index in [1.165, 1.54) is 6.42 Å². The number of aliphatic imine (C=N–C) groups is 1. The van der Waals surface area contributed by atoms with Gasteiger partial charge in [0, 0.05) is 7.11 Å². The van der Waals surface area contributed by atoms with Gasteiger partial charge in [-0.3, -0.25) is 15.1 Å². The number of guanidine groups is 1. The third-order valence-corrected chi connectivity index (χ3v) is 4.41. The Hall–Kier alpha value is -1.10. The Bertz CT molecular complexity index is 356. The molecule has 0 aromatic carbocycles. The molecular weight excluding hydrogens is 230 g/mol. The molecule has 0 radical (unpaired) electrons. The second kappa shape index (κ2) is 5.26. The first-order valence-electron chi connectivity index (χ1n) is 6.73. The maximum Gasteiger partial charge on any atom is 0.252 e. The molecule has 1 amide bonds. The molecule has 1 saturated heterocycles. The van der Waals surface area contributed by atoms with E-state index in [-0.39, 0.29) is 5.91 Å². The average molecular weight is 253 g/mol. The van der Waals surface area contributed by atoms with Crippen molar-refractivity contribution < 1.29 is 9.53 Å². The molecule has 3 atom stereocenters. The van der Waals surface area contributed by atoms with Crippen LogP contribution in [0.1, 0.15) is 33.1 Å². The maximum atomic E-state index is 12.3. The average Bonchev–Trinajstić information content (AvgIpc) is 2.65. The summed E-state index contributed by atoms with van der Waals surface area (Å²) in [6.45, 7) is 5.52. The summed E-state index contributed by atoms with van der Waals surface area (Å²) < 4.78 is 4.96.